The Labute approximate surface area is 125 Å². The Hall–Kier alpha value is -1.31. The van der Waals surface area contributed by atoms with Gasteiger partial charge in [-0.3, -0.25) is 0 Å². The van der Waals surface area contributed by atoms with Gasteiger partial charge in [0.05, 0.1) is 20.3 Å². The van der Waals surface area contributed by atoms with Crippen LogP contribution in [0.5, 0.6) is 11.5 Å². The molecule has 1 aromatic rings. The number of benzene rings is 1. The maximum atomic E-state index is 12.7. The number of methoxy groups -OCH3 is 2. The molecular weight excluding hydrogens is 294 g/mol. The summed E-state index contributed by atoms with van der Waals surface area (Å²) in [7, 11) is -0.694. The molecule has 1 aliphatic rings. The number of rotatable bonds is 5. The SMILES string of the molecule is COc1ccc(S(=O)(=O)N2CCC(C(C)O)C2)c(OC)c1. The van der Waals surface area contributed by atoms with Crippen molar-refractivity contribution in [2.24, 2.45) is 5.92 Å². The molecule has 2 unspecified atom stereocenters. The van der Waals surface area contributed by atoms with E-state index >= 15 is 0 Å². The summed E-state index contributed by atoms with van der Waals surface area (Å²) in [6.45, 7) is 2.43. The predicted molar refractivity (Wildman–Crippen MR) is 78.1 cm³/mol. The number of sulfonamides is 1. The van der Waals surface area contributed by atoms with Gasteiger partial charge >= 0.3 is 0 Å². The van der Waals surface area contributed by atoms with E-state index in [0.717, 1.165) is 0 Å². The van der Waals surface area contributed by atoms with Gasteiger partial charge < -0.3 is 14.6 Å². The molecule has 0 bridgehead atoms. The topological polar surface area (TPSA) is 76.1 Å². The van der Waals surface area contributed by atoms with E-state index in [9.17, 15) is 13.5 Å². The quantitative estimate of drug-likeness (QED) is 0.880. The Morgan fingerprint density at radius 1 is 1.33 bits per heavy atom. The molecule has 6 nitrogen and oxygen atoms in total. The fourth-order valence-electron chi connectivity index (χ4n) is 2.49. The molecule has 7 heteroatoms. The van der Waals surface area contributed by atoms with Crippen LogP contribution in [-0.4, -0.2) is 51.2 Å². The third-order valence-electron chi connectivity index (χ3n) is 3.86. The molecule has 21 heavy (non-hydrogen) atoms. The molecule has 0 aliphatic carbocycles. The summed E-state index contributed by atoms with van der Waals surface area (Å²) >= 11 is 0. The minimum absolute atomic E-state index is 0.0241. The zero-order valence-corrected chi connectivity index (χ0v) is 13.3. The summed E-state index contributed by atoms with van der Waals surface area (Å²) in [5, 5.41) is 9.61. The third kappa shape index (κ3) is 3.14. The summed E-state index contributed by atoms with van der Waals surface area (Å²) in [6, 6.07) is 4.63. The predicted octanol–water partition coefficient (Wildman–Crippen LogP) is 1.10. The van der Waals surface area contributed by atoms with Gasteiger partial charge in [0.15, 0.2) is 0 Å². The van der Waals surface area contributed by atoms with Crippen LogP contribution in [0, 0.1) is 5.92 Å². The summed E-state index contributed by atoms with van der Waals surface area (Å²) in [4.78, 5) is 0.122. The molecular formula is C14H21NO5S. The van der Waals surface area contributed by atoms with Crippen LogP contribution in [0.4, 0.5) is 0 Å². The molecule has 1 N–H and O–H groups in total. The lowest BCUT2D eigenvalue weighted by Gasteiger charge is -2.19. The molecule has 118 valence electrons. The van der Waals surface area contributed by atoms with E-state index in [4.69, 9.17) is 9.47 Å². The van der Waals surface area contributed by atoms with Gasteiger partial charge in [-0.25, -0.2) is 8.42 Å². The van der Waals surface area contributed by atoms with E-state index < -0.39 is 16.1 Å². The number of aliphatic hydroxyl groups is 1. The smallest absolute Gasteiger partial charge is 0.246 e. The first-order valence-corrected chi connectivity index (χ1v) is 8.24. The van der Waals surface area contributed by atoms with Crippen molar-refractivity contribution in [1.29, 1.82) is 0 Å². The Bertz CT molecular complexity index is 599. The Balaban J connectivity index is 2.32. The van der Waals surface area contributed by atoms with Crippen molar-refractivity contribution in [3.63, 3.8) is 0 Å². The highest BCUT2D eigenvalue weighted by Crippen LogP contribution is 2.33. The first-order valence-electron chi connectivity index (χ1n) is 6.80. The lowest BCUT2D eigenvalue weighted by molar-refractivity contribution is 0.133. The van der Waals surface area contributed by atoms with Crippen LogP contribution in [0.25, 0.3) is 0 Å². The van der Waals surface area contributed by atoms with E-state index in [1.807, 2.05) is 0 Å². The molecule has 0 radical (unpaired) electrons. The number of ether oxygens (including phenoxy) is 2. The molecule has 0 saturated carbocycles. The molecule has 2 rings (SSSR count). The van der Waals surface area contributed by atoms with Crippen LogP contribution in [-0.2, 0) is 10.0 Å². The van der Waals surface area contributed by atoms with Gasteiger partial charge in [0.2, 0.25) is 10.0 Å². The summed E-state index contributed by atoms with van der Waals surface area (Å²) in [5.74, 6) is 0.771. The van der Waals surface area contributed by atoms with Crippen LogP contribution < -0.4 is 9.47 Å². The number of hydrogen-bond acceptors (Lipinski definition) is 5. The average molecular weight is 315 g/mol. The molecule has 1 fully saturated rings. The first-order chi connectivity index (χ1) is 9.90. The molecule has 1 aromatic carbocycles. The van der Waals surface area contributed by atoms with E-state index in [0.29, 0.717) is 25.3 Å². The second-order valence-corrected chi connectivity index (χ2v) is 7.08. The highest BCUT2D eigenvalue weighted by Gasteiger charge is 2.35. The van der Waals surface area contributed by atoms with Crippen molar-refractivity contribution >= 4 is 10.0 Å². The third-order valence-corrected chi connectivity index (χ3v) is 5.76. The largest absolute Gasteiger partial charge is 0.497 e. The minimum atomic E-state index is -3.63. The second-order valence-electron chi connectivity index (χ2n) is 5.17. The molecule has 0 amide bonds. The van der Waals surface area contributed by atoms with Gasteiger partial charge in [0.1, 0.15) is 16.4 Å². The Kier molecular flexibility index (Phi) is 4.75. The highest BCUT2D eigenvalue weighted by atomic mass is 32.2. The molecule has 2 atom stereocenters. The molecule has 0 spiro atoms. The van der Waals surface area contributed by atoms with Crippen molar-refractivity contribution in [2.45, 2.75) is 24.3 Å². The maximum absolute atomic E-state index is 12.7. The highest BCUT2D eigenvalue weighted by molar-refractivity contribution is 7.89. The summed E-state index contributed by atoms with van der Waals surface area (Å²) in [6.07, 6.45) is 0.151. The van der Waals surface area contributed by atoms with Crippen molar-refractivity contribution in [3.05, 3.63) is 18.2 Å². The fourth-order valence-corrected chi connectivity index (χ4v) is 4.14. The van der Waals surface area contributed by atoms with E-state index in [1.54, 1.807) is 19.1 Å². The molecule has 1 saturated heterocycles. The van der Waals surface area contributed by atoms with Crippen molar-refractivity contribution < 1.29 is 23.0 Å². The second kappa shape index (κ2) is 6.21. The number of aliphatic hydroxyl groups excluding tert-OH is 1. The lowest BCUT2D eigenvalue weighted by atomic mass is 10.0. The van der Waals surface area contributed by atoms with E-state index in [2.05, 4.69) is 0 Å². The van der Waals surface area contributed by atoms with Crippen LogP contribution in [0.1, 0.15) is 13.3 Å². The maximum Gasteiger partial charge on any atom is 0.246 e. The average Bonchev–Trinajstić information content (AvgIpc) is 2.97. The number of nitrogens with zero attached hydrogens (tertiary/aromatic N) is 1. The molecule has 1 heterocycles. The molecule has 1 aliphatic heterocycles. The fraction of sp³-hybridized carbons (Fsp3) is 0.571. The minimum Gasteiger partial charge on any atom is -0.497 e. The van der Waals surface area contributed by atoms with E-state index in [-0.39, 0.29) is 16.6 Å². The van der Waals surface area contributed by atoms with Crippen LogP contribution in [0.3, 0.4) is 0 Å². The van der Waals surface area contributed by atoms with Crippen molar-refractivity contribution in [3.8, 4) is 11.5 Å². The van der Waals surface area contributed by atoms with Gasteiger partial charge in [-0.1, -0.05) is 0 Å². The Morgan fingerprint density at radius 2 is 2.05 bits per heavy atom. The normalized spacial score (nSPS) is 21.2. The Morgan fingerprint density at radius 3 is 2.57 bits per heavy atom. The monoisotopic (exact) mass is 315 g/mol. The van der Waals surface area contributed by atoms with Crippen LogP contribution in [0.2, 0.25) is 0 Å². The van der Waals surface area contributed by atoms with Crippen molar-refractivity contribution in [1.82, 2.24) is 4.31 Å². The zero-order chi connectivity index (χ0) is 15.6. The van der Waals surface area contributed by atoms with Gasteiger partial charge in [-0.15, -0.1) is 0 Å². The van der Waals surface area contributed by atoms with Gasteiger partial charge in [-0.2, -0.15) is 4.31 Å². The van der Waals surface area contributed by atoms with Gasteiger partial charge in [-0.05, 0) is 31.4 Å². The van der Waals surface area contributed by atoms with Crippen LogP contribution in [0.15, 0.2) is 23.1 Å². The standard InChI is InChI=1S/C14H21NO5S/c1-10(16)11-6-7-15(9-11)21(17,18)14-5-4-12(19-2)8-13(14)20-3/h4-5,8,10-11,16H,6-7,9H2,1-3H3. The lowest BCUT2D eigenvalue weighted by Crippen LogP contribution is -2.30. The van der Waals surface area contributed by atoms with Gasteiger partial charge in [0, 0.05) is 19.2 Å². The first kappa shape index (κ1) is 16.1. The zero-order valence-electron chi connectivity index (χ0n) is 12.4. The summed E-state index contributed by atoms with van der Waals surface area (Å²) < 4.78 is 37.1. The van der Waals surface area contributed by atoms with Crippen LogP contribution >= 0.6 is 0 Å². The van der Waals surface area contributed by atoms with E-state index in [1.165, 1.54) is 24.6 Å². The number of hydrogen-bond donors (Lipinski definition) is 1. The van der Waals surface area contributed by atoms with Crippen molar-refractivity contribution in [2.75, 3.05) is 27.3 Å². The van der Waals surface area contributed by atoms with Gasteiger partial charge in [0.25, 0.3) is 0 Å². The molecule has 0 aromatic heterocycles. The summed E-state index contributed by atoms with van der Waals surface area (Å²) in [5.41, 5.74) is 0.